The minimum atomic E-state index is -1.54. The molecule has 0 aliphatic carbocycles. The predicted octanol–water partition coefficient (Wildman–Crippen LogP) is -0.410. The summed E-state index contributed by atoms with van der Waals surface area (Å²) in [5, 5.41) is 9.84. The Morgan fingerprint density at radius 1 is 1.37 bits per heavy atom. The molecule has 0 spiro atoms. The summed E-state index contributed by atoms with van der Waals surface area (Å²) in [5.41, 5.74) is 0. The first-order chi connectivity index (χ1) is 8.91. The van der Waals surface area contributed by atoms with E-state index in [1.54, 1.807) is 23.1 Å². The van der Waals surface area contributed by atoms with Crippen molar-refractivity contribution >= 4 is 6.16 Å². The van der Waals surface area contributed by atoms with Gasteiger partial charge in [0.2, 0.25) is 0 Å². The van der Waals surface area contributed by atoms with Gasteiger partial charge in [-0.2, -0.15) is 0 Å². The van der Waals surface area contributed by atoms with E-state index >= 15 is 0 Å². The second kappa shape index (κ2) is 7.11. The summed E-state index contributed by atoms with van der Waals surface area (Å²) < 4.78 is 4.22. The number of likely N-dealkylation sites (N-methyl/N-ethyl adjacent to an activating group) is 2. The van der Waals surface area contributed by atoms with Gasteiger partial charge in [0, 0.05) is 6.92 Å². The summed E-state index contributed by atoms with van der Waals surface area (Å²) in [7, 11) is 4.45. The van der Waals surface area contributed by atoms with Crippen molar-refractivity contribution in [2.45, 2.75) is 26.1 Å². The summed E-state index contributed by atoms with van der Waals surface area (Å²) in [6.07, 6.45) is -0.828. The van der Waals surface area contributed by atoms with Crippen molar-refractivity contribution in [3.8, 4) is 5.75 Å². The molecule has 5 nitrogen and oxygen atoms in total. The molecular formula is C14H22N2O3. The van der Waals surface area contributed by atoms with Crippen LogP contribution in [-0.4, -0.2) is 43.9 Å². The molecule has 3 unspecified atom stereocenters. The summed E-state index contributed by atoms with van der Waals surface area (Å²) in [6, 6.07) is 8.96. The number of nitrogens with one attached hydrogen (secondary N) is 1. The maximum atomic E-state index is 9.84. The predicted molar refractivity (Wildman–Crippen MR) is 70.9 cm³/mol. The number of hydrogen-bond acceptors (Lipinski definition) is 4. The topological polar surface area (TPSA) is 57.0 Å². The molecule has 0 bridgehead atoms. The third-order valence-corrected chi connectivity index (χ3v) is 3.58. The van der Waals surface area contributed by atoms with Gasteiger partial charge >= 0.3 is 0 Å². The van der Waals surface area contributed by atoms with Crippen molar-refractivity contribution in [1.29, 1.82) is 0 Å². The Bertz CT molecular complexity index is 385. The molecule has 1 aliphatic rings. The van der Waals surface area contributed by atoms with Gasteiger partial charge in [-0.15, -0.1) is 0 Å². The highest BCUT2D eigenvalue weighted by Gasteiger charge is 2.31. The number of quaternary nitrogens is 1. The Hall–Kier alpha value is -1.59. The molecule has 1 aliphatic heterocycles. The van der Waals surface area contributed by atoms with Crippen molar-refractivity contribution in [2.24, 2.45) is 0 Å². The lowest BCUT2D eigenvalue weighted by molar-refractivity contribution is -0.896. The van der Waals surface area contributed by atoms with E-state index in [2.05, 4.69) is 37.6 Å². The van der Waals surface area contributed by atoms with Crippen LogP contribution in [0.1, 0.15) is 13.8 Å². The molecule has 0 aromatic heterocycles. The number of rotatable bonds is 1. The Kier molecular flexibility index (Phi) is 5.79. The molecule has 0 saturated carbocycles. The molecule has 0 amide bonds. The Balaban J connectivity index is 0.000000191. The summed E-state index contributed by atoms with van der Waals surface area (Å²) in [6.45, 7) is 5.85. The van der Waals surface area contributed by atoms with Gasteiger partial charge in [-0.3, -0.25) is 0 Å². The molecule has 1 aromatic carbocycles. The monoisotopic (exact) mass is 266 g/mol. The molecule has 3 atom stereocenters. The van der Waals surface area contributed by atoms with E-state index in [-0.39, 0.29) is 5.75 Å². The SMILES string of the molecule is CC1C[NH+](C)C(C)N1C.O=C([O-])Oc1ccccc1. The molecule has 5 heteroatoms. The maximum absolute atomic E-state index is 9.84. The van der Waals surface area contributed by atoms with Crippen molar-refractivity contribution in [3.63, 3.8) is 0 Å². The average Bonchev–Trinajstić information content (AvgIpc) is 2.58. The molecule has 2 rings (SSSR count). The van der Waals surface area contributed by atoms with Gasteiger partial charge < -0.3 is 19.5 Å². The van der Waals surface area contributed by atoms with Crippen LogP contribution in [0.3, 0.4) is 0 Å². The zero-order chi connectivity index (χ0) is 14.4. The first-order valence-electron chi connectivity index (χ1n) is 6.40. The second-order valence-corrected chi connectivity index (χ2v) is 4.91. The van der Waals surface area contributed by atoms with Gasteiger partial charge in [0.1, 0.15) is 6.17 Å². The van der Waals surface area contributed by atoms with Gasteiger partial charge in [-0.05, 0) is 26.1 Å². The Labute approximate surface area is 114 Å². The summed E-state index contributed by atoms with van der Waals surface area (Å²) in [5.74, 6) is 0.280. The minimum absolute atomic E-state index is 0.280. The Morgan fingerprint density at radius 2 is 1.95 bits per heavy atom. The lowest BCUT2D eigenvalue weighted by Crippen LogP contribution is -3.11. The highest BCUT2D eigenvalue weighted by Crippen LogP contribution is 2.07. The zero-order valence-corrected chi connectivity index (χ0v) is 11.9. The Morgan fingerprint density at radius 3 is 2.26 bits per heavy atom. The fourth-order valence-corrected chi connectivity index (χ4v) is 2.09. The molecule has 19 heavy (non-hydrogen) atoms. The molecule has 1 fully saturated rings. The highest BCUT2D eigenvalue weighted by atomic mass is 16.7. The lowest BCUT2D eigenvalue weighted by atomic mass is 10.3. The van der Waals surface area contributed by atoms with Crippen LogP contribution in [0.4, 0.5) is 4.79 Å². The molecule has 1 N–H and O–H groups in total. The van der Waals surface area contributed by atoms with E-state index in [0.29, 0.717) is 6.17 Å². The number of nitrogens with zero attached hydrogens (tertiary/aromatic N) is 1. The van der Waals surface area contributed by atoms with Crippen LogP contribution in [0.15, 0.2) is 30.3 Å². The number of carbonyl (C=O) groups is 1. The van der Waals surface area contributed by atoms with Gasteiger partial charge in [0.15, 0.2) is 0 Å². The van der Waals surface area contributed by atoms with Crippen LogP contribution in [-0.2, 0) is 0 Å². The standard InChI is InChI=1S/C7H16N2.C7H6O3/c1-6-5-8(3)7(2)9(6)4;8-7(9)10-6-4-2-1-3-5-6/h6-7H,5H2,1-4H3;1-5H,(H,8,9). The van der Waals surface area contributed by atoms with E-state index in [1.165, 1.54) is 18.7 Å². The summed E-state index contributed by atoms with van der Waals surface area (Å²) in [4.78, 5) is 13.9. The van der Waals surface area contributed by atoms with Gasteiger partial charge in [0.05, 0.1) is 25.4 Å². The highest BCUT2D eigenvalue weighted by molar-refractivity contribution is 5.58. The number of para-hydroxylation sites is 1. The van der Waals surface area contributed by atoms with Crippen LogP contribution in [0.5, 0.6) is 5.75 Å². The number of carboxylic acid groups (broad SMARTS) is 1. The van der Waals surface area contributed by atoms with E-state index in [1.807, 2.05) is 0 Å². The van der Waals surface area contributed by atoms with E-state index < -0.39 is 6.16 Å². The smallest absolute Gasteiger partial charge is 0.257 e. The van der Waals surface area contributed by atoms with Crippen molar-refractivity contribution in [3.05, 3.63) is 30.3 Å². The van der Waals surface area contributed by atoms with Crippen molar-refractivity contribution < 1.29 is 19.5 Å². The van der Waals surface area contributed by atoms with Crippen molar-refractivity contribution in [2.75, 3.05) is 20.6 Å². The summed E-state index contributed by atoms with van der Waals surface area (Å²) >= 11 is 0. The second-order valence-electron chi connectivity index (χ2n) is 4.91. The van der Waals surface area contributed by atoms with Crippen LogP contribution in [0.2, 0.25) is 0 Å². The number of hydrogen-bond donors (Lipinski definition) is 1. The average molecular weight is 266 g/mol. The number of benzene rings is 1. The van der Waals surface area contributed by atoms with Gasteiger partial charge in [-0.1, -0.05) is 18.2 Å². The molecule has 0 radical (unpaired) electrons. The van der Waals surface area contributed by atoms with Crippen LogP contribution < -0.4 is 14.7 Å². The fraction of sp³-hybridized carbons (Fsp3) is 0.500. The van der Waals surface area contributed by atoms with E-state index in [0.717, 1.165) is 6.04 Å². The molecule has 1 saturated heterocycles. The molecular weight excluding hydrogens is 244 g/mol. The number of ether oxygens (including phenoxy) is 1. The van der Waals surface area contributed by atoms with E-state index in [9.17, 15) is 9.90 Å². The molecule has 1 aromatic rings. The van der Waals surface area contributed by atoms with Gasteiger partial charge in [-0.25, -0.2) is 4.90 Å². The quantitative estimate of drug-likeness (QED) is 0.554. The zero-order valence-electron chi connectivity index (χ0n) is 11.9. The lowest BCUT2D eigenvalue weighted by Gasteiger charge is -2.17. The van der Waals surface area contributed by atoms with Crippen LogP contribution >= 0.6 is 0 Å². The first kappa shape index (κ1) is 15.5. The third-order valence-electron chi connectivity index (χ3n) is 3.58. The number of carbonyl (C=O) groups excluding carboxylic acids is 1. The first-order valence-corrected chi connectivity index (χ1v) is 6.40. The fourth-order valence-electron chi connectivity index (χ4n) is 2.09. The molecule has 1 heterocycles. The van der Waals surface area contributed by atoms with Crippen LogP contribution in [0, 0.1) is 0 Å². The largest absolute Gasteiger partial charge is 0.514 e. The van der Waals surface area contributed by atoms with Gasteiger partial charge in [0.25, 0.3) is 6.16 Å². The van der Waals surface area contributed by atoms with E-state index in [4.69, 9.17) is 0 Å². The van der Waals surface area contributed by atoms with Crippen LogP contribution in [0.25, 0.3) is 0 Å². The maximum Gasteiger partial charge on any atom is 0.257 e. The molecule has 106 valence electrons. The third kappa shape index (κ3) is 4.89. The minimum Gasteiger partial charge on any atom is -0.514 e. The normalized spacial score (nSPS) is 26.4. The van der Waals surface area contributed by atoms with Crippen molar-refractivity contribution in [1.82, 2.24) is 4.90 Å².